The maximum absolute atomic E-state index is 4.53. The van der Waals surface area contributed by atoms with Crippen molar-refractivity contribution in [2.75, 3.05) is 0 Å². The highest BCUT2D eigenvalue weighted by Gasteiger charge is 2.11. The predicted molar refractivity (Wildman–Crippen MR) is 67.8 cm³/mol. The summed E-state index contributed by atoms with van der Waals surface area (Å²) in [6, 6.07) is 0.444. The Kier molecular flexibility index (Phi) is 3.11. The number of hydrogen-bond donors (Lipinski definition) is 1. The van der Waals surface area contributed by atoms with Gasteiger partial charge in [-0.25, -0.2) is 15.0 Å². The van der Waals surface area contributed by atoms with E-state index in [0.29, 0.717) is 6.04 Å². The second kappa shape index (κ2) is 4.41. The quantitative estimate of drug-likeness (QED) is 0.872. The number of nitrogens with one attached hydrogen (secondary N) is 1. The van der Waals surface area contributed by atoms with Gasteiger partial charge in [-0.2, -0.15) is 0 Å². The molecule has 92 valence electrons. The van der Waals surface area contributed by atoms with E-state index in [0.717, 1.165) is 35.1 Å². The lowest BCUT2D eigenvalue weighted by atomic mass is 10.3. The van der Waals surface area contributed by atoms with Crippen LogP contribution in [0.25, 0.3) is 11.3 Å². The van der Waals surface area contributed by atoms with Crippen molar-refractivity contribution >= 4 is 11.3 Å². The average molecular weight is 233 g/mol. The molecule has 0 amide bonds. The zero-order chi connectivity index (χ0) is 12.6. The van der Waals surface area contributed by atoms with Crippen LogP contribution < -0.4 is 5.32 Å². The number of imidazole rings is 1. The molecule has 0 aliphatic carbocycles. The van der Waals surface area contributed by atoms with Crippen molar-refractivity contribution < 1.29 is 0 Å². The molecule has 0 bridgehead atoms. The molecule has 2 aromatic heterocycles. The van der Waals surface area contributed by atoms with Crippen LogP contribution >= 0.6 is 0 Å². The van der Waals surface area contributed by atoms with Gasteiger partial charge in [0, 0.05) is 13.1 Å². The topological polar surface area (TPSA) is 55.6 Å². The van der Waals surface area contributed by atoms with Crippen molar-refractivity contribution in [2.45, 2.75) is 40.3 Å². The molecule has 5 nitrogen and oxygen atoms in total. The lowest BCUT2D eigenvalue weighted by molar-refractivity contribution is 0.563. The molecule has 1 N–H and O–H groups in total. The van der Waals surface area contributed by atoms with Gasteiger partial charge in [-0.1, -0.05) is 13.8 Å². The van der Waals surface area contributed by atoms with Crippen molar-refractivity contribution in [2.24, 2.45) is 7.05 Å². The monoisotopic (exact) mass is 233 g/mol. The molecule has 5 heteroatoms. The van der Waals surface area contributed by atoms with Gasteiger partial charge < -0.3 is 9.88 Å². The highest BCUT2D eigenvalue weighted by molar-refractivity contribution is 5.67. The first-order valence-electron chi connectivity index (χ1n) is 5.89. The number of aryl methyl sites for hydroxylation is 3. The first-order valence-corrected chi connectivity index (χ1v) is 5.89. The molecule has 0 saturated carbocycles. The molecule has 0 aliphatic rings. The molecule has 2 aromatic rings. The Labute approximate surface area is 101 Å². The summed E-state index contributed by atoms with van der Waals surface area (Å²) in [5.41, 5.74) is 3.49. The summed E-state index contributed by atoms with van der Waals surface area (Å²) < 4.78 is 2.00. The number of rotatable bonds is 3. The summed E-state index contributed by atoms with van der Waals surface area (Å²) in [5, 5.41) is 3.35. The molecule has 2 rings (SSSR count). The fourth-order valence-electron chi connectivity index (χ4n) is 1.65. The lowest BCUT2D eigenvalue weighted by Gasteiger charge is -2.07. The molecule has 0 saturated heterocycles. The molecule has 0 spiro atoms. The van der Waals surface area contributed by atoms with Crippen molar-refractivity contribution in [1.82, 2.24) is 24.8 Å². The fourth-order valence-corrected chi connectivity index (χ4v) is 1.65. The third-order valence-corrected chi connectivity index (χ3v) is 2.88. The first-order chi connectivity index (χ1) is 7.99. The molecule has 17 heavy (non-hydrogen) atoms. The van der Waals surface area contributed by atoms with Crippen molar-refractivity contribution in [3.05, 3.63) is 17.2 Å². The van der Waals surface area contributed by atoms with Gasteiger partial charge in [0.25, 0.3) is 0 Å². The standard InChI is InChI=1S/C12H19N5/c1-7(2)13-6-10-16-11-12(17(10)5)15-9(4)8(3)14-11/h7,13H,6H2,1-5H3. The van der Waals surface area contributed by atoms with E-state index in [-0.39, 0.29) is 0 Å². The predicted octanol–water partition coefficient (Wildman–Crippen LogP) is 1.48. The molecule has 2 heterocycles. The zero-order valence-corrected chi connectivity index (χ0v) is 11.1. The van der Waals surface area contributed by atoms with Gasteiger partial charge in [-0.15, -0.1) is 0 Å². The minimum Gasteiger partial charge on any atom is -0.313 e. The SMILES string of the molecule is Cc1nc2nc(CNC(C)C)n(C)c2nc1C. The Morgan fingerprint density at radius 3 is 2.41 bits per heavy atom. The summed E-state index contributed by atoms with van der Waals surface area (Å²) >= 11 is 0. The van der Waals surface area contributed by atoms with E-state index in [2.05, 4.69) is 34.1 Å². The Bertz CT molecular complexity index is 541. The van der Waals surface area contributed by atoms with Crippen LogP contribution in [0.4, 0.5) is 0 Å². The Balaban J connectivity index is 2.42. The fraction of sp³-hybridized carbons (Fsp3) is 0.583. The molecule has 0 fully saturated rings. The zero-order valence-electron chi connectivity index (χ0n) is 11.1. The van der Waals surface area contributed by atoms with Gasteiger partial charge in [-0.05, 0) is 13.8 Å². The van der Waals surface area contributed by atoms with Gasteiger partial charge in [0.1, 0.15) is 5.82 Å². The van der Waals surface area contributed by atoms with Crippen molar-refractivity contribution in [1.29, 1.82) is 0 Å². The van der Waals surface area contributed by atoms with Crippen LogP contribution in [0.5, 0.6) is 0 Å². The smallest absolute Gasteiger partial charge is 0.198 e. The van der Waals surface area contributed by atoms with E-state index >= 15 is 0 Å². The van der Waals surface area contributed by atoms with Crippen LogP contribution in [-0.2, 0) is 13.6 Å². The van der Waals surface area contributed by atoms with Crippen LogP contribution in [0.1, 0.15) is 31.1 Å². The van der Waals surface area contributed by atoms with Gasteiger partial charge in [0.15, 0.2) is 11.3 Å². The third-order valence-electron chi connectivity index (χ3n) is 2.88. The van der Waals surface area contributed by atoms with Gasteiger partial charge in [0.2, 0.25) is 0 Å². The average Bonchev–Trinajstić information content (AvgIpc) is 2.54. The van der Waals surface area contributed by atoms with Gasteiger partial charge in [-0.3, -0.25) is 0 Å². The van der Waals surface area contributed by atoms with E-state index in [1.54, 1.807) is 0 Å². The minimum atomic E-state index is 0.444. The molecule has 0 radical (unpaired) electrons. The summed E-state index contributed by atoms with van der Waals surface area (Å²) in [7, 11) is 1.98. The number of aromatic nitrogens is 4. The van der Waals surface area contributed by atoms with E-state index < -0.39 is 0 Å². The third kappa shape index (κ3) is 2.29. The maximum Gasteiger partial charge on any atom is 0.198 e. The number of nitrogens with zero attached hydrogens (tertiary/aromatic N) is 4. The van der Waals surface area contributed by atoms with E-state index in [1.165, 1.54) is 0 Å². The highest BCUT2D eigenvalue weighted by Crippen LogP contribution is 2.13. The molecule has 0 unspecified atom stereocenters. The van der Waals surface area contributed by atoms with Crippen LogP contribution in [-0.4, -0.2) is 25.6 Å². The largest absolute Gasteiger partial charge is 0.313 e. The maximum atomic E-state index is 4.53. The Hall–Kier alpha value is -1.49. The summed E-state index contributed by atoms with van der Waals surface area (Å²) in [6.45, 7) is 8.91. The molecular weight excluding hydrogens is 214 g/mol. The van der Waals surface area contributed by atoms with Crippen LogP contribution in [0.3, 0.4) is 0 Å². The van der Waals surface area contributed by atoms with E-state index in [9.17, 15) is 0 Å². The van der Waals surface area contributed by atoms with Gasteiger partial charge >= 0.3 is 0 Å². The van der Waals surface area contributed by atoms with E-state index in [4.69, 9.17) is 0 Å². The molecule has 0 aromatic carbocycles. The summed E-state index contributed by atoms with van der Waals surface area (Å²) in [6.07, 6.45) is 0. The summed E-state index contributed by atoms with van der Waals surface area (Å²) in [4.78, 5) is 13.5. The summed E-state index contributed by atoms with van der Waals surface area (Å²) in [5.74, 6) is 0.971. The number of hydrogen-bond acceptors (Lipinski definition) is 4. The normalized spacial score (nSPS) is 11.6. The van der Waals surface area contributed by atoms with Crippen LogP contribution in [0.2, 0.25) is 0 Å². The van der Waals surface area contributed by atoms with E-state index in [1.807, 2.05) is 25.5 Å². The van der Waals surface area contributed by atoms with Gasteiger partial charge in [0.05, 0.1) is 17.9 Å². The van der Waals surface area contributed by atoms with Crippen LogP contribution in [0.15, 0.2) is 0 Å². The Morgan fingerprint density at radius 1 is 1.12 bits per heavy atom. The number of fused-ring (bicyclic) bond motifs is 1. The molecular formula is C12H19N5. The second-order valence-corrected chi connectivity index (χ2v) is 4.66. The molecule has 0 aliphatic heterocycles. The van der Waals surface area contributed by atoms with Crippen LogP contribution in [0, 0.1) is 13.8 Å². The first kappa shape index (κ1) is 12.0. The highest BCUT2D eigenvalue weighted by atomic mass is 15.2. The lowest BCUT2D eigenvalue weighted by Crippen LogP contribution is -2.23. The molecule has 0 atom stereocenters. The van der Waals surface area contributed by atoms with Crippen molar-refractivity contribution in [3.8, 4) is 0 Å². The Morgan fingerprint density at radius 2 is 1.76 bits per heavy atom. The van der Waals surface area contributed by atoms with Crippen molar-refractivity contribution in [3.63, 3.8) is 0 Å². The minimum absolute atomic E-state index is 0.444. The second-order valence-electron chi connectivity index (χ2n) is 4.66.